The Morgan fingerprint density at radius 3 is 3.00 bits per heavy atom. The number of anilines is 1. The zero-order valence-electron chi connectivity index (χ0n) is 12.4. The molecule has 1 aliphatic heterocycles. The predicted molar refractivity (Wildman–Crippen MR) is 86.9 cm³/mol. The van der Waals surface area contributed by atoms with Crippen molar-refractivity contribution in [1.82, 2.24) is 4.90 Å². The fraction of sp³-hybridized carbons (Fsp3) is 0.438. The largest absolute Gasteiger partial charge is 0.397 e. The van der Waals surface area contributed by atoms with E-state index in [1.165, 1.54) is 11.3 Å². The minimum Gasteiger partial charge on any atom is -0.397 e. The number of hydrogen-bond donors (Lipinski definition) is 1. The SMILES string of the molecule is Cc1cccc2c(N)c(C(=O)N(C)CC3CCCO3)sc12. The maximum absolute atomic E-state index is 12.6. The van der Waals surface area contributed by atoms with Gasteiger partial charge in [0, 0.05) is 30.3 Å². The van der Waals surface area contributed by atoms with E-state index in [1.54, 1.807) is 4.90 Å². The van der Waals surface area contributed by atoms with Gasteiger partial charge >= 0.3 is 0 Å². The summed E-state index contributed by atoms with van der Waals surface area (Å²) < 4.78 is 6.70. The summed E-state index contributed by atoms with van der Waals surface area (Å²) in [4.78, 5) is 15.0. The molecular formula is C16H20N2O2S. The van der Waals surface area contributed by atoms with Gasteiger partial charge in [0.2, 0.25) is 0 Å². The number of carbonyl (C=O) groups excluding carboxylic acids is 1. The number of ether oxygens (including phenoxy) is 1. The molecule has 3 rings (SSSR count). The van der Waals surface area contributed by atoms with Gasteiger partial charge in [-0.3, -0.25) is 4.79 Å². The molecule has 5 heteroatoms. The highest BCUT2D eigenvalue weighted by atomic mass is 32.1. The molecule has 1 aliphatic rings. The number of carbonyl (C=O) groups is 1. The van der Waals surface area contributed by atoms with E-state index in [2.05, 4.69) is 0 Å². The number of nitrogen functional groups attached to an aromatic ring is 1. The van der Waals surface area contributed by atoms with Crippen LogP contribution in [0.2, 0.25) is 0 Å². The number of amides is 1. The smallest absolute Gasteiger partial charge is 0.265 e. The number of benzene rings is 1. The molecule has 2 heterocycles. The second-order valence-electron chi connectivity index (χ2n) is 5.62. The summed E-state index contributed by atoms with van der Waals surface area (Å²) in [5, 5.41) is 0.980. The summed E-state index contributed by atoms with van der Waals surface area (Å²) in [5.41, 5.74) is 7.94. The Hall–Kier alpha value is -1.59. The van der Waals surface area contributed by atoms with Crippen molar-refractivity contribution in [3.63, 3.8) is 0 Å². The Morgan fingerprint density at radius 1 is 1.52 bits per heavy atom. The minimum absolute atomic E-state index is 0.0106. The number of fused-ring (bicyclic) bond motifs is 1. The van der Waals surface area contributed by atoms with Gasteiger partial charge in [0.15, 0.2) is 0 Å². The fourth-order valence-corrected chi connectivity index (χ4v) is 3.97. The van der Waals surface area contributed by atoms with E-state index in [0.29, 0.717) is 17.1 Å². The molecule has 112 valence electrons. The van der Waals surface area contributed by atoms with Gasteiger partial charge < -0.3 is 15.4 Å². The molecule has 1 fully saturated rings. The van der Waals surface area contributed by atoms with Gasteiger partial charge in [-0.05, 0) is 25.3 Å². The molecule has 21 heavy (non-hydrogen) atoms. The number of likely N-dealkylation sites (N-methyl/N-ethyl adjacent to an activating group) is 1. The average Bonchev–Trinajstić information content (AvgIpc) is 3.08. The monoisotopic (exact) mass is 304 g/mol. The molecule has 1 aromatic heterocycles. The molecule has 1 saturated heterocycles. The molecule has 0 spiro atoms. The summed E-state index contributed by atoms with van der Waals surface area (Å²) in [5.74, 6) is -0.0106. The average molecular weight is 304 g/mol. The molecule has 0 radical (unpaired) electrons. The van der Waals surface area contributed by atoms with Crippen LogP contribution in [0.4, 0.5) is 5.69 Å². The topological polar surface area (TPSA) is 55.6 Å². The Kier molecular flexibility index (Phi) is 3.87. The van der Waals surface area contributed by atoms with Crippen LogP contribution in [-0.4, -0.2) is 37.1 Å². The van der Waals surface area contributed by atoms with E-state index >= 15 is 0 Å². The molecule has 1 unspecified atom stereocenters. The van der Waals surface area contributed by atoms with E-state index in [1.807, 2.05) is 32.2 Å². The molecule has 0 saturated carbocycles. The number of thiophene rings is 1. The Labute approximate surface area is 128 Å². The minimum atomic E-state index is -0.0106. The number of nitrogens with zero attached hydrogens (tertiary/aromatic N) is 1. The molecule has 1 amide bonds. The molecule has 1 aromatic carbocycles. The lowest BCUT2D eigenvalue weighted by Gasteiger charge is -2.20. The van der Waals surface area contributed by atoms with Crippen LogP contribution in [0.1, 0.15) is 28.1 Å². The Balaban J connectivity index is 1.87. The highest BCUT2D eigenvalue weighted by Crippen LogP contribution is 2.36. The number of hydrogen-bond acceptors (Lipinski definition) is 4. The first-order chi connectivity index (χ1) is 10.1. The molecule has 4 nitrogen and oxygen atoms in total. The van der Waals surface area contributed by atoms with Gasteiger partial charge in [-0.1, -0.05) is 18.2 Å². The van der Waals surface area contributed by atoms with Crippen molar-refractivity contribution in [2.75, 3.05) is 25.9 Å². The molecule has 1 atom stereocenters. The van der Waals surface area contributed by atoms with Crippen LogP contribution in [-0.2, 0) is 4.74 Å². The molecule has 2 N–H and O–H groups in total. The zero-order chi connectivity index (χ0) is 15.0. The predicted octanol–water partition coefficient (Wildman–Crippen LogP) is 3.04. The third-order valence-corrected chi connectivity index (χ3v) is 5.34. The Morgan fingerprint density at radius 2 is 2.33 bits per heavy atom. The Bertz CT molecular complexity index is 674. The highest BCUT2D eigenvalue weighted by molar-refractivity contribution is 7.21. The zero-order valence-corrected chi connectivity index (χ0v) is 13.2. The van der Waals surface area contributed by atoms with Crippen molar-refractivity contribution >= 4 is 33.0 Å². The van der Waals surface area contributed by atoms with Crippen molar-refractivity contribution in [2.45, 2.75) is 25.9 Å². The lowest BCUT2D eigenvalue weighted by Crippen LogP contribution is -2.33. The van der Waals surface area contributed by atoms with E-state index in [-0.39, 0.29) is 12.0 Å². The van der Waals surface area contributed by atoms with Crippen molar-refractivity contribution in [1.29, 1.82) is 0 Å². The summed E-state index contributed by atoms with van der Waals surface area (Å²) >= 11 is 1.49. The van der Waals surface area contributed by atoms with Crippen molar-refractivity contribution in [3.05, 3.63) is 28.6 Å². The second-order valence-corrected chi connectivity index (χ2v) is 6.64. The lowest BCUT2D eigenvalue weighted by atomic mass is 10.1. The first-order valence-corrected chi connectivity index (χ1v) is 8.04. The van der Waals surface area contributed by atoms with Crippen LogP contribution in [0.3, 0.4) is 0 Å². The third-order valence-electron chi connectivity index (χ3n) is 3.99. The summed E-state index contributed by atoms with van der Waals surface area (Å²) in [6.45, 7) is 3.48. The first kappa shape index (κ1) is 14.4. The highest BCUT2D eigenvalue weighted by Gasteiger charge is 2.24. The van der Waals surface area contributed by atoms with Gasteiger partial charge in [0.25, 0.3) is 5.91 Å². The quantitative estimate of drug-likeness (QED) is 0.948. The summed E-state index contributed by atoms with van der Waals surface area (Å²) in [6, 6.07) is 6.00. The van der Waals surface area contributed by atoms with E-state index in [4.69, 9.17) is 10.5 Å². The van der Waals surface area contributed by atoms with Gasteiger partial charge in [-0.15, -0.1) is 11.3 Å². The molecule has 2 aromatic rings. The second kappa shape index (κ2) is 5.66. The number of nitrogens with two attached hydrogens (primary N) is 1. The maximum Gasteiger partial charge on any atom is 0.265 e. The van der Waals surface area contributed by atoms with Crippen molar-refractivity contribution in [3.8, 4) is 0 Å². The molecular weight excluding hydrogens is 284 g/mol. The summed E-state index contributed by atoms with van der Waals surface area (Å²) in [7, 11) is 1.82. The van der Waals surface area contributed by atoms with Gasteiger partial charge in [-0.2, -0.15) is 0 Å². The van der Waals surface area contributed by atoms with Gasteiger partial charge in [-0.25, -0.2) is 0 Å². The van der Waals surface area contributed by atoms with E-state index in [9.17, 15) is 4.79 Å². The van der Waals surface area contributed by atoms with Crippen LogP contribution in [0.5, 0.6) is 0 Å². The van der Waals surface area contributed by atoms with Gasteiger partial charge in [0.05, 0.1) is 11.8 Å². The van der Waals surface area contributed by atoms with Crippen LogP contribution < -0.4 is 5.73 Å². The third kappa shape index (κ3) is 2.63. The van der Waals surface area contributed by atoms with Crippen LogP contribution in [0, 0.1) is 6.92 Å². The van der Waals surface area contributed by atoms with Crippen molar-refractivity contribution in [2.24, 2.45) is 0 Å². The standard InChI is InChI=1S/C16H20N2O2S/c1-10-5-3-7-12-13(17)15(21-14(10)12)16(19)18(2)9-11-6-4-8-20-11/h3,5,7,11H,4,6,8-9,17H2,1-2H3. The first-order valence-electron chi connectivity index (χ1n) is 7.22. The normalized spacial score (nSPS) is 18.3. The van der Waals surface area contributed by atoms with Crippen molar-refractivity contribution < 1.29 is 9.53 Å². The number of rotatable bonds is 3. The maximum atomic E-state index is 12.6. The van der Waals surface area contributed by atoms with E-state index < -0.39 is 0 Å². The fourth-order valence-electron chi connectivity index (χ4n) is 2.79. The molecule has 0 aliphatic carbocycles. The van der Waals surface area contributed by atoms with Crippen LogP contribution in [0.15, 0.2) is 18.2 Å². The van der Waals surface area contributed by atoms with E-state index in [0.717, 1.165) is 35.1 Å². The van der Waals surface area contributed by atoms with Crippen LogP contribution in [0.25, 0.3) is 10.1 Å². The summed E-state index contributed by atoms with van der Waals surface area (Å²) in [6.07, 6.45) is 2.27. The number of aryl methyl sites for hydroxylation is 1. The van der Waals surface area contributed by atoms with Gasteiger partial charge in [0.1, 0.15) is 4.88 Å². The molecule has 0 bridgehead atoms. The van der Waals surface area contributed by atoms with Crippen LogP contribution >= 0.6 is 11.3 Å². The lowest BCUT2D eigenvalue weighted by molar-refractivity contribution is 0.0591.